The number of carbonyl (C=O) groups excluding carboxylic acids is 1. The number of urea groups is 1. The average molecular weight is 296 g/mol. The molecule has 1 aromatic rings. The summed E-state index contributed by atoms with van der Waals surface area (Å²) in [6.07, 6.45) is 2.12. The van der Waals surface area contributed by atoms with Crippen LogP contribution in [0.2, 0.25) is 0 Å². The third-order valence-electron chi connectivity index (χ3n) is 3.57. The van der Waals surface area contributed by atoms with Crippen LogP contribution in [-0.2, 0) is 11.3 Å². The topological polar surface area (TPSA) is 101 Å². The molecule has 1 aliphatic heterocycles. The lowest BCUT2D eigenvalue weighted by Crippen LogP contribution is -2.39. The number of carboxylic acids is 1. The van der Waals surface area contributed by atoms with E-state index in [4.69, 9.17) is 14.3 Å². The molecule has 7 heteroatoms. The molecule has 0 spiro atoms. The fourth-order valence-electron chi connectivity index (χ4n) is 2.42. The Balaban J connectivity index is 1.70. The Morgan fingerprint density at radius 3 is 2.86 bits per heavy atom. The highest BCUT2D eigenvalue weighted by Crippen LogP contribution is 2.22. The van der Waals surface area contributed by atoms with E-state index in [-0.39, 0.29) is 24.4 Å². The lowest BCUT2D eigenvalue weighted by molar-refractivity contribution is 0.0660. The molecule has 0 aliphatic carbocycles. The molecule has 1 saturated heterocycles. The Hall–Kier alpha value is -2.02. The molecule has 21 heavy (non-hydrogen) atoms. The second kappa shape index (κ2) is 7.12. The van der Waals surface area contributed by atoms with Gasteiger partial charge in [0.05, 0.1) is 12.6 Å². The van der Waals surface area contributed by atoms with Crippen LogP contribution in [0.4, 0.5) is 4.79 Å². The Morgan fingerprint density at radius 1 is 1.38 bits per heavy atom. The first-order valence-electron chi connectivity index (χ1n) is 7.05. The van der Waals surface area contributed by atoms with E-state index in [0.717, 1.165) is 19.4 Å². The maximum absolute atomic E-state index is 11.7. The molecule has 2 unspecified atom stereocenters. The number of carbonyl (C=O) groups is 2. The van der Waals surface area contributed by atoms with E-state index in [1.807, 2.05) is 0 Å². The molecule has 2 amide bonds. The summed E-state index contributed by atoms with van der Waals surface area (Å²) < 4.78 is 10.6. The minimum absolute atomic E-state index is 0.138. The van der Waals surface area contributed by atoms with E-state index in [1.165, 1.54) is 12.1 Å². The van der Waals surface area contributed by atoms with Crippen molar-refractivity contribution >= 4 is 12.0 Å². The predicted molar refractivity (Wildman–Crippen MR) is 74.0 cm³/mol. The Labute approximate surface area is 122 Å². The zero-order chi connectivity index (χ0) is 15.2. The normalized spacial score (nSPS) is 21.2. The molecule has 1 aliphatic rings. The van der Waals surface area contributed by atoms with E-state index in [0.29, 0.717) is 18.2 Å². The standard InChI is InChI=1S/C14H20N2O5/c1-2-11-9(5-6-20-11)7-15-14(19)16-8-10-3-4-12(21-10)13(17)18/h3-4,9,11H,2,5-8H2,1H3,(H,17,18)(H2,15,16,19). The number of nitrogens with one attached hydrogen (secondary N) is 2. The van der Waals surface area contributed by atoms with Crippen LogP contribution in [0.3, 0.4) is 0 Å². The maximum Gasteiger partial charge on any atom is 0.371 e. The Kier molecular flexibility index (Phi) is 5.21. The lowest BCUT2D eigenvalue weighted by atomic mass is 10.00. The van der Waals surface area contributed by atoms with Gasteiger partial charge in [-0.3, -0.25) is 0 Å². The fraction of sp³-hybridized carbons (Fsp3) is 0.571. The number of furan rings is 1. The summed E-state index contributed by atoms with van der Waals surface area (Å²) >= 11 is 0. The van der Waals surface area contributed by atoms with Gasteiger partial charge in [-0.15, -0.1) is 0 Å². The Morgan fingerprint density at radius 2 is 2.19 bits per heavy atom. The van der Waals surface area contributed by atoms with Gasteiger partial charge in [0.25, 0.3) is 0 Å². The van der Waals surface area contributed by atoms with Gasteiger partial charge in [-0.1, -0.05) is 6.92 Å². The van der Waals surface area contributed by atoms with Crippen molar-refractivity contribution in [1.82, 2.24) is 10.6 Å². The molecule has 7 nitrogen and oxygen atoms in total. The van der Waals surface area contributed by atoms with Gasteiger partial charge in [0.2, 0.25) is 5.76 Å². The second-order valence-corrected chi connectivity index (χ2v) is 5.00. The van der Waals surface area contributed by atoms with Gasteiger partial charge in [-0.25, -0.2) is 9.59 Å². The number of ether oxygens (including phenoxy) is 1. The summed E-state index contributed by atoms with van der Waals surface area (Å²) in [5.41, 5.74) is 0. The van der Waals surface area contributed by atoms with Crippen LogP contribution in [0.5, 0.6) is 0 Å². The first kappa shape index (κ1) is 15.4. The van der Waals surface area contributed by atoms with Crippen LogP contribution in [0.1, 0.15) is 36.1 Å². The zero-order valence-electron chi connectivity index (χ0n) is 11.9. The van der Waals surface area contributed by atoms with E-state index < -0.39 is 5.97 Å². The van der Waals surface area contributed by atoms with E-state index in [9.17, 15) is 9.59 Å². The Bertz CT molecular complexity index is 499. The summed E-state index contributed by atoms with van der Waals surface area (Å²) in [6, 6.07) is 2.59. The molecule has 0 saturated carbocycles. The largest absolute Gasteiger partial charge is 0.475 e. The molecule has 0 radical (unpaired) electrons. The van der Waals surface area contributed by atoms with Crippen LogP contribution in [-0.4, -0.2) is 36.4 Å². The van der Waals surface area contributed by atoms with Gasteiger partial charge < -0.3 is 24.9 Å². The molecular formula is C14H20N2O5. The van der Waals surface area contributed by atoms with Crippen LogP contribution >= 0.6 is 0 Å². The fourth-order valence-corrected chi connectivity index (χ4v) is 2.42. The van der Waals surface area contributed by atoms with Crippen LogP contribution in [0.25, 0.3) is 0 Å². The van der Waals surface area contributed by atoms with Gasteiger partial charge in [-0.05, 0) is 25.0 Å². The monoisotopic (exact) mass is 296 g/mol. The third kappa shape index (κ3) is 4.22. The third-order valence-corrected chi connectivity index (χ3v) is 3.57. The first-order valence-corrected chi connectivity index (χ1v) is 7.05. The highest BCUT2D eigenvalue weighted by atomic mass is 16.5. The molecule has 0 aromatic carbocycles. The van der Waals surface area contributed by atoms with Crippen LogP contribution < -0.4 is 10.6 Å². The summed E-state index contributed by atoms with van der Waals surface area (Å²) in [5, 5.41) is 14.2. The van der Waals surface area contributed by atoms with Crippen molar-refractivity contribution in [1.29, 1.82) is 0 Å². The second-order valence-electron chi connectivity index (χ2n) is 5.00. The van der Waals surface area contributed by atoms with Crippen molar-refractivity contribution in [2.75, 3.05) is 13.2 Å². The molecule has 1 aromatic heterocycles. The summed E-state index contributed by atoms with van der Waals surface area (Å²) in [7, 11) is 0. The molecule has 2 rings (SSSR count). The lowest BCUT2D eigenvalue weighted by Gasteiger charge is -2.17. The highest BCUT2D eigenvalue weighted by molar-refractivity contribution is 5.84. The molecule has 116 valence electrons. The zero-order valence-corrected chi connectivity index (χ0v) is 11.9. The average Bonchev–Trinajstić information content (AvgIpc) is 3.11. The molecule has 1 fully saturated rings. The van der Waals surface area contributed by atoms with Crippen LogP contribution in [0.15, 0.2) is 16.5 Å². The SMILES string of the molecule is CCC1OCCC1CNC(=O)NCc1ccc(C(=O)O)o1. The van der Waals surface area contributed by atoms with Crippen molar-refractivity contribution in [3.63, 3.8) is 0 Å². The quantitative estimate of drug-likeness (QED) is 0.740. The summed E-state index contributed by atoms with van der Waals surface area (Å²) in [5.74, 6) is -0.514. The minimum Gasteiger partial charge on any atom is -0.475 e. The smallest absolute Gasteiger partial charge is 0.371 e. The molecular weight excluding hydrogens is 276 g/mol. The van der Waals surface area contributed by atoms with Gasteiger partial charge in [0.1, 0.15) is 5.76 Å². The van der Waals surface area contributed by atoms with E-state index in [2.05, 4.69) is 17.6 Å². The summed E-state index contributed by atoms with van der Waals surface area (Å²) in [6.45, 7) is 3.54. The number of hydrogen-bond acceptors (Lipinski definition) is 4. The van der Waals surface area contributed by atoms with Gasteiger partial charge in [0.15, 0.2) is 0 Å². The van der Waals surface area contributed by atoms with Crippen molar-refractivity contribution < 1.29 is 23.8 Å². The summed E-state index contributed by atoms with van der Waals surface area (Å²) in [4.78, 5) is 22.3. The molecule has 2 heterocycles. The number of carboxylic acid groups (broad SMARTS) is 1. The van der Waals surface area contributed by atoms with Gasteiger partial charge in [-0.2, -0.15) is 0 Å². The highest BCUT2D eigenvalue weighted by Gasteiger charge is 2.26. The molecule has 3 N–H and O–H groups in total. The predicted octanol–water partition coefficient (Wildman–Crippen LogP) is 1.59. The van der Waals surface area contributed by atoms with Gasteiger partial charge >= 0.3 is 12.0 Å². The number of hydrogen-bond donors (Lipinski definition) is 3. The maximum atomic E-state index is 11.7. The molecule has 0 bridgehead atoms. The first-order chi connectivity index (χ1) is 10.1. The van der Waals surface area contributed by atoms with Crippen molar-refractivity contribution in [3.05, 3.63) is 23.7 Å². The van der Waals surface area contributed by atoms with E-state index >= 15 is 0 Å². The molecule has 2 atom stereocenters. The van der Waals surface area contributed by atoms with Crippen molar-refractivity contribution in [3.8, 4) is 0 Å². The van der Waals surface area contributed by atoms with Crippen molar-refractivity contribution in [2.45, 2.75) is 32.4 Å². The van der Waals surface area contributed by atoms with Crippen molar-refractivity contribution in [2.24, 2.45) is 5.92 Å². The number of amides is 2. The number of rotatable bonds is 6. The minimum atomic E-state index is -1.13. The van der Waals surface area contributed by atoms with Gasteiger partial charge in [0, 0.05) is 19.1 Å². The number of aromatic carboxylic acids is 1. The van der Waals surface area contributed by atoms with E-state index in [1.54, 1.807) is 0 Å². The van der Waals surface area contributed by atoms with Crippen LogP contribution in [0, 0.1) is 5.92 Å².